The van der Waals surface area contributed by atoms with Crippen LogP contribution in [0.15, 0.2) is 48.5 Å². The van der Waals surface area contributed by atoms with Crippen LogP contribution in [0.5, 0.6) is 5.75 Å². The molecule has 2 aliphatic rings. The molecule has 7 heteroatoms. The fraction of sp³-hybridized carbons (Fsp3) is 0.440. The van der Waals surface area contributed by atoms with E-state index in [0.717, 1.165) is 62.2 Å². The van der Waals surface area contributed by atoms with Crippen molar-refractivity contribution in [1.29, 1.82) is 0 Å². The van der Waals surface area contributed by atoms with Crippen molar-refractivity contribution in [1.82, 2.24) is 10.6 Å². The van der Waals surface area contributed by atoms with E-state index in [4.69, 9.17) is 4.74 Å². The van der Waals surface area contributed by atoms with Gasteiger partial charge in [0.2, 0.25) is 5.91 Å². The first-order valence-electron chi connectivity index (χ1n) is 11.4. The van der Waals surface area contributed by atoms with E-state index in [-0.39, 0.29) is 23.9 Å². The molecule has 2 aromatic rings. The molecule has 1 aliphatic heterocycles. The van der Waals surface area contributed by atoms with E-state index in [1.165, 1.54) is 5.69 Å². The van der Waals surface area contributed by atoms with Gasteiger partial charge in [0.15, 0.2) is 0 Å². The van der Waals surface area contributed by atoms with Crippen molar-refractivity contribution >= 4 is 23.3 Å². The molecule has 1 heterocycles. The highest BCUT2D eigenvalue weighted by atomic mass is 16.5. The number of nitrogens with zero attached hydrogens (tertiary/aromatic N) is 1. The predicted molar refractivity (Wildman–Crippen MR) is 126 cm³/mol. The van der Waals surface area contributed by atoms with Crippen LogP contribution in [0.2, 0.25) is 0 Å². The Morgan fingerprint density at radius 3 is 2.44 bits per heavy atom. The Kier molecular flexibility index (Phi) is 7.14. The molecule has 3 amide bonds. The van der Waals surface area contributed by atoms with Gasteiger partial charge in [-0.1, -0.05) is 18.6 Å². The van der Waals surface area contributed by atoms with E-state index < -0.39 is 0 Å². The van der Waals surface area contributed by atoms with Gasteiger partial charge in [-0.15, -0.1) is 0 Å². The summed E-state index contributed by atoms with van der Waals surface area (Å²) in [4.78, 5) is 26.9. The summed E-state index contributed by atoms with van der Waals surface area (Å²) in [5, 5.41) is 9.01. The van der Waals surface area contributed by atoms with E-state index >= 15 is 0 Å². The first kappa shape index (κ1) is 22.0. The van der Waals surface area contributed by atoms with Crippen molar-refractivity contribution in [3.8, 4) is 5.75 Å². The number of urea groups is 1. The third kappa shape index (κ3) is 5.72. The Morgan fingerprint density at radius 2 is 1.78 bits per heavy atom. The van der Waals surface area contributed by atoms with Gasteiger partial charge < -0.3 is 25.6 Å². The molecule has 1 saturated heterocycles. The molecule has 0 spiro atoms. The number of piperidine rings is 1. The van der Waals surface area contributed by atoms with Gasteiger partial charge in [-0.25, -0.2) is 4.79 Å². The minimum Gasteiger partial charge on any atom is -0.497 e. The van der Waals surface area contributed by atoms with Gasteiger partial charge in [0.1, 0.15) is 5.75 Å². The number of anilines is 2. The van der Waals surface area contributed by atoms with Crippen molar-refractivity contribution in [2.24, 2.45) is 5.92 Å². The van der Waals surface area contributed by atoms with Gasteiger partial charge in [0.25, 0.3) is 0 Å². The number of hydrogen-bond acceptors (Lipinski definition) is 4. The second-order valence-corrected chi connectivity index (χ2v) is 8.60. The summed E-state index contributed by atoms with van der Waals surface area (Å²) in [6.07, 6.45) is 4.90. The maximum Gasteiger partial charge on any atom is 0.315 e. The molecule has 1 aliphatic carbocycles. The monoisotopic (exact) mass is 436 g/mol. The highest BCUT2D eigenvalue weighted by Gasteiger charge is 2.25. The van der Waals surface area contributed by atoms with Gasteiger partial charge in [0.05, 0.1) is 7.11 Å². The lowest BCUT2D eigenvalue weighted by atomic mass is 9.85. The van der Waals surface area contributed by atoms with E-state index in [1.54, 1.807) is 7.11 Å². The Morgan fingerprint density at radius 1 is 1.03 bits per heavy atom. The normalized spacial score (nSPS) is 16.7. The van der Waals surface area contributed by atoms with Crippen molar-refractivity contribution in [3.05, 3.63) is 54.1 Å². The lowest BCUT2D eigenvalue weighted by Crippen LogP contribution is -2.47. The number of amides is 3. The number of hydrogen-bond donors (Lipinski definition) is 3. The fourth-order valence-electron chi connectivity index (χ4n) is 4.17. The zero-order valence-corrected chi connectivity index (χ0v) is 18.6. The summed E-state index contributed by atoms with van der Waals surface area (Å²) in [5.74, 6) is 1.10. The summed E-state index contributed by atoms with van der Waals surface area (Å²) in [6.45, 7) is 2.23. The molecule has 0 bridgehead atoms. The average molecular weight is 437 g/mol. The Balaban J connectivity index is 1.19. The van der Waals surface area contributed by atoms with Gasteiger partial charge in [-0.3, -0.25) is 4.79 Å². The Labute approximate surface area is 189 Å². The topological polar surface area (TPSA) is 82.7 Å². The number of nitrogens with one attached hydrogen (secondary N) is 3. The summed E-state index contributed by atoms with van der Waals surface area (Å²) in [6, 6.07) is 15.8. The first-order chi connectivity index (χ1) is 15.6. The SMILES string of the molecule is COc1ccc(N2CCC(NC(=O)NCc3cccc(NC(=O)C4CCC4)c3)CC2)cc1. The van der Waals surface area contributed by atoms with Crippen LogP contribution in [0.25, 0.3) is 0 Å². The third-order valence-electron chi connectivity index (χ3n) is 6.39. The molecule has 4 rings (SSSR count). The number of ether oxygens (including phenoxy) is 1. The minimum atomic E-state index is -0.156. The summed E-state index contributed by atoms with van der Waals surface area (Å²) >= 11 is 0. The maximum atomic E-state index is 12.4. The molecular formula is C25H32N4O3. The number of methoxy groups -OCH3 is 1. The van der Waals surface area contributed by atoms with Crippen LogP contribution in [0.3, 0.4) is 0 Å². The molecule has 2 aromatic carbocycles. The number of rotatable bonds is 7. The Bertz CT molecular complexity index is 919. The van der Waals surface area contributed by atoms with Gasteiger partial charge in [-0.05, 0) is 67.6 Å². The maximum absolute atomic E-state index is 12.4. The summed E-state index contributed by atoms with van der Waals surface area (Å²) in [7, 11) is 1.67. The minimum absolute atomic E-state index is 0.0973. The predicted octanol–water partition coefficient (Wildman–Crippen LogP) is 3.90. The molecule has 3 N–H and O–H groups in total. The van der Waals surface area contributed by atoms with Crippen LogP contribution in [-0.4, -0.2) is 38.2 Å². The molecule has 170 valence electrons. The standard InChI is InChI=1S/C25H32N4O3/c1-32-23-10-8-22(9-11-23)29-14-12-20(13-15-29)28-25(31)26-17-18-4-2-7-21(16-18)27-24(30)19-5-3-6-19/h2,4,7-11,16,19-20H,3,5-6,12-15,17H2,1H3,(H,27,30)(H2,26,28,31). The second kappa shape index (κ2) is 10.4. The highest BCUT2D eigenvalue weighted by molar-refractivity contribution is 5.93. The van der Waals surface area contributed by atoms with Crippen molar-refractivity contribution in [2.45, 2.75) is 44.7 Å². The highest BCUT2D eigenvalue weighted by Crippen LogP contribution is 2.27. The van der Waals surface area contributed by atoms with E-state index in [2.05, 4.69) is 33.0 Å². The second-order valence-electron chi connectivity index (χ2n) is 8.60. The lowest BCUT2D eigenvalue weighted by molar-refractivity contribution is -0.122. The summed E-state index contributed by atoms with van der Waals surface area (Å²) in [5.41, 5.74) is 2.92. The zero-order chi connectivity index (χ0) is 22.3. The molecule has 0 radical (unpaired) electrons. The smallest absolute Gasteiger partial charge is 0.315 e. The van der Waals surface area contributed by atoms with Crippen LogP contribution in [0.4, 0.5) is 16.2 Å². The van der Waals surface area contributed by atoms with E-state index in [9.17, 15) is 9.59 Å². The lowest BCUT2D eigenvalue weighted by Gasteiger charge is -2.34. The molecule has 0 aromatic heterocycles. The molecular weight excluding hydrogens is 404 g/mol. The van der Waals surface area contributed by atoms with Crippen molar-refractivity contribution in [2.75, 3.05) is 30.4 Å². The van der Waals surface area contributed by atoms with Gasteiger partial charge in [0, 0.05) is 43.0 Å². The third-order valence-corrected chi connectivity index (χ3v) is 6.39. The molecule has 0 unspecified atom stereocenters. The van der Waals surface area contributed by atoms with E-state index in [0.29, 0.717) is 6.54 Å². The molecule has 1 saturated carbocycles. The molecule has 32 heavy (non-hydrogen) atoms. The van der Waals surface area contributed by atoms with Crippen molar-refractivity contribution < 1.29 is 14.3 Å². The van der Waals surface area contributed by atoms with Gasteiger partial charge in [-0.2, -0.15) is 0 Å². The largest absolute Gasteiger partial charge is 0.497 e. The average Bonchev–Trinajstić information content (AvgIpc) is 2.77. The van der Waals surface area contributed by atoms with Crippen LogP contribution >= 0.6 is 0 Å². The quantitative estimate of drug-likeness (QED) is 0.615. The van der Waals surface area contributed by atoms with Crippen LogP contribution < -0.4 is 25.6 Å². The number of carbonyl (C=O) groups excluding carboxylic acids is 2. The van der Waals surface area contributed by atoms with Crippen LogP contribution in [0, 0.1) is 5.92 Å². The fourth-order valence-corrected chi connectivity index (χ4v) is 4.17. The molecule has 2 fully saturated rings. The van der Waals surface area contributed by atoms with Crippen LogP contribution in [0.1, 0.15) is 37.7 Å². The molecule has 0 atom stereocenters. The van der Waals surface area contributed by atoms with Crippen molar-refractivity contribution in [3.63, 3.8) is 0 Å². The Hall–Kier alpha value is -3.22. The zero-order valence-electron chi connectivity index (χ0n) is 18.6. The molecule has 7 nitrogen and oxygen atoms in total. The number of benzene rings is 2. The first-order valence-corrected chi connectivity index (χ1v) is 11.4. The van der Waals surface area contributed by atoms with Gasteiger partial charge >= 0.3 is 6.03 Å². The van der Waals surface area contributed by atoms with Crippen LogP contribution in [-0.2, 0) is 11.3 Å². The van der Waals surface area contributed by atoms with E-state index in [1.807, 2.05) is 36.4 Å². The summed E-state index contributed by atoms with van der Waals surface area (Å²) < 4.78 is 5.22. The number of carbonyl (C=O) groups is 2.